The van der Waals surface area contributed by atoms with Crippen molar-refractivity contribution in [1.29, 1.82) is 0 Å². The summed E-state index contributed by atoms with van der Waals surface area (Å²) in [5.74, 6) is 4.09. The highest BCUT2D eigenvalue weighted by Crippen LogP contribution is 2.68. The van der Waals surface area contributed by atoms with Crippen molar-refractivity contribution in [2.24, 2.45) is 46.3 Å². The van der Waals surface area contributed by atoms with Gasteiger partial charge in [-0.05, 0) is 111 Å². The lowest BCUT2D eigenvalue weighted by Gasteiger charge is -2.61. The predicted octanol–water partition coefficient (Wildman–Crippen LogP) is 7.37. The summed E-state index contributed by atoms with van der Waals surface area (Å²) in [6.45, 7) is 9.12. The molecule has 0 aliphatic heterocycles. The largest absolute Gasteiger partial charge is 0.512 e. The number of hydrogen-bond donors (Lipinski definition) is 2. The minimum atomic E-state index is -1.00. The third kappa shape index (κ3) is 3.52. The Labute approximate surface area is 183 Å². The van der Waals surface area contributed by atoms with E-state index >= 15 is 0 Å². The monoisotopic (exact) mass is 416 g/mol. The normalized spacial score (nSPS) is 45.0. The minimum absolute atomic E-state index is 0.0707. The maximum Gasteiger partial charge on any atom is 0.334 e. The van der Waals surface area contributed by atoms with Gasteiger partial charge in [-0.15, -0.1) is 0 Å². The average molecular weight is 417 g/mol. The molecule has 0 amide bonds. The molecule has 0 heterocycles. The predicted molar refractivity (Wildman–Crippen MR) is 121 cm³/mol. The van der Waals surface area contributed by atoms with Crippen LogP contribution in [-0.4, -0.2) is 16.2 Å². The van der Waals surface area contributed by atoms with Crippen LogP contribution < -0.4 is 0 Å². The molecule has 0 spiro atoms. The van der Waals surface area contributed by atoms with E-state index in [2.05, 4.69) is 20.8 Å². The number of allylic oxidation sites excluding steroid dienone is 1. The number of carboxylic acids is 1. The van der Waals surface area contributed by atoms with Gasteiger partial charge < -0.3 is 10.2 Å². The van der Waals surface area contributed by atoms with Gasteiger partial charge in [0.25, 0.3) is 0 Å². The fourth-order valence-electron chi connectivity index (χ4n) is 9.15. The van der Waals surface area contributed by atoms with E-state index in [1.807, 2.05) is 0 Å². The zero-order valence-electron chi connectivity index (χ0n) is 19.8. The van der Waals surface area contributed by atoms with Crippen LogP contribution in [0.25, 0.3) is 0 Å². The van der Waals surface area contributed by atoms with Crippen LogP contribution in [0.5, 0.6) is 0 Å². The Morgan fingerprint density at radius 2 is 1.67 bits per heavy atom. The first-order valence-corrected chi connectivity index (χ1v) is 12.8. The molecule has 0 saturated heterocycles. The van der Waals surface area contributed by atoms with E-state index < -0.39 is 5.97 Å². The Morgan fingerprint density at radius 3 is 2.40 bits per heavy atom. The Bertz CT molecular complexity index is 696. The van der Waals surface area contributed by atoms with Gasteiger partial charge in [0.15, 0.2) is 0 Å². The molecule has 4 saturated carbocycles. The fraction of sp³-hybridized carbons (Fsp3) is 0.889. The summed E-state index contributed by atoms with van der Waals surface area (Å²) in [5, 5.41) is 19.3. The van der Waals surface area contributed by atoms with Gasteiger partial charge >= 0.3 is 5.97 Å². The summed E-state index contributed by atoms with van der Waals surface area (Å²) >= 11 is 0. The van der Waals surface area contributed by atoms with Crippen molar-refractivity contribution < 1.29 is 15.0 Å². The summed E-state index contributed by atoms with van der Waals surface area (Å²) in [6, 6.07) is 0. The van der Waals surface area contributed by atoms with Crippen LogP contribution in [0.15, 0.2) is 11.3 Å². The average Bonchev–Trinajstić information content (AvgIpc) is 3.07. The maximum atomic E-state index is 11.1. The summed E-state index contributed by atoms with van der Waals surface area (Å²) < 4.78 is 0. The van der Waals surface area contributed by atoms with Crippen molar-refractivity contribution in [2.45, 2.75) is 105 Å². The van der Waals surface area contributed by atoms with Gasteiger partial charge in [-0.1, -0.05) is 33.6 Å². The highest BCUT2D eigenvalue weighted by atomic mass is 16.4. The van der Waals surface area contributed by atoms with Gasteiger partial charge in [0.2, 0.25) is 0 Å². The molecule has 4 aliphatic rings. The van der Waals surface area contributed by atoms with Gasteiger partial charge in [-0.25, -0.2) is 4.79 Å². The van der Waals surface area contributed by atoms with Crippen LogP contribution >= 0.6 is 0 Å². The van der Waals surface area contributed by atoms with Crippen molar-refractivity contribution in [3.05, 3.63) is 11.3 Å². The number of aliphatic hydroxyl groups excluding tert-OH is 1. The molecule has 8 atom stereocenters. The molecule has 0 radical (unpaired) electrons. The van der Waals surface area contributed by atoms with Crippen LogP contribution in [0, 0.1) is 46.3 Å². The molecule has 4 aliphatic carbocycles. The van der Waals surface area contributed by atoms with Crippen LogP contribution in [0.4, 0.5) is 0 Å². The Balaban J connectivity index is 1.46. The zero-order valence-corrected chi connectivity index (χ0v) is 19.8. The molecule has 0 aromatic rings. The number of rotatable bonds is 5. The Morgan fingerprint density at radius 1 is 0.933 bits per heavy atom. The van der Waals surface area contributed by atoms with Gasteiger partial charge in [-0.2, -0.15) is 0 Å². The van der Waals surface area contributed by atoms with Gasteiger partial charge in [0.05, 0.1) is 5.57 Å². The molecule has 4 rings (SSSR count). The lowest BCUT2D eigenvalue weighted by Crippen LogP contribution is -2.53. The molecular weight excluding hydrogens is 372 g/mol. The molecule has 1 unspecified atom stereocenters. The molecule has 2 N–H and O–H groups in total. The Hall–Kier alpha value is -0.990. The van der Waals surface area contributed by atoms with Crippen molar-refractivity contribution in [2.75, 3.05) is 0 Å². The molecule has 170 valence electrons. The standard InChI is InChI=1S/C27H44O3/c1-17(8-13-24(28)18(2)25(29)30)21-11-12-22-20-10-9-19-7-5-6-15-26(19,3)23(20)14-16-27(21,22)4/h17,19-23,28H,5-16H2,1-4H3,(H,29,30)/t17-,19?,20+,21-,22+,23+,26+,27-/m1/s1. The molecule has 4 fully saturated rings. The Kier molecular flexibility index (Phi) is 6.05. The van der Waals surface area contributed by atoms with E-state index in [0.29, 0.717) is 23.2 Å². The number of carboxylic acid groups (broad SMARTS) is 1. The zero-order chi connectivity index (χ0) is 21.7. The first-order valence-electron chi connectivity index (χ1n) is 12.8. The maximum absolute atomic E-state index is 11.1. The van der Waals surface area contributed by atoms with Crippen molar-refractivity contribution in [3.8, 4) is 0 Å². The highest BCUT2D eigenvalue weighted by molar-refractivity contribution is 5.86. The number of aliphatic carboxylic acids is 1. The van der Waals surface area contributed by atoms with E-state index in [9.17, 15) is 9.90 Å². The lowest BCUT2D eigenvalue weighted by molar-refractivity contribution is -0.132. The van der Waals surface area contributed by atoms with Gasteiger partial charge in [0, 0.05) is 6.42 Å². The number of carbonyl (C=O) groups is 1. The van der Waals surface area contributed by atoms with Crippen molar-refractivity contribution >= 4 is 5.97 Å². The van der Waals surface area contributed by atoms with Crippen LogP contribution in [0.3, 0.4) is 0 Å². The first-order chi connectivity index (χ1) is 14.2. The van der Waals surface area contributed by atoms with E-state index in [1.165, 1.54) is 71.1 Å². The second-order valence-corrected chi connectivity index (χ2v) is 12.0. The summed E-state index contributed by atoms with van der Waals surface area (Å²) in [6.07, 6.45) is 15.7. The van der Waals surface area contributed by atoms with Crippen LogP contribution in [-0.2, 0) is 4.79 Å². The molecule has 3 heteroatoms. The first kappa shape index (κ1) is 22.2. The van der Waals surface area contributed by atoms with E-state index in [0.717, 1.165) is 36.0 Å². The summed E-state index contributed by atoms with van der Waals surface area (Å²) in [7, 11) is 0. The molecule has 30 heavy (non-hydrogen) atoms. The third-order valence-electron chi connectivity index (χ3n) is 10.9. The van der Waals surface area contributed by atoms with Gasteiger partial charge in [-0.3, -0.25) is 0 Å². The SMILES string of the molecule is CC(C(=O)O)=C(O)CC[C@@H](C)[C@H]1CC[C@H]2[C@@H]3CCC4CCCC[C@]4(C)[C@H]3CC[C@]12C. The van der Waals surface area contributed by atoms with E-state index in [4.69, 9.17) is 5.11 Å². The summed E-state index contributed by atoms with van der Waals surface area (Å²) in [5.41, 5.74) is 1.16. The van der Waals surface area contributed by atoms with Gasteiger partial charge in [0.1, 0.15) is 5.76 Å². The summed E-state index contributed by atoms with van der Waals surface area (Å²) in [4.78, 5) is 11.1. The molecular formula is C27H44O3. The fourth-order valence-corrected chi connectivity index (χ4v) is 9.15. The van der Waals surface area contributed by atoms with Crippen molar-refractivity contribution in [3.63, 3.8) is 0 Å². The van der Waals surface area contributed by atoms with E-state index in [1.54, 1.807) is 0 Å². The van der Waals surface area contributed by atoms with Crippen LogP contribution in [0.2, 0.25) is 0 Å². The number of aliphatic hydroxyl groups is 1. The smallest absolute Gasteiger partial charge is 0.334 e. The number of hydrogen-bond acceptors (Lipinski definition) is 2. The molecule has 0 bridgehead atoms. The second kappa shape index (κ2) is 8.17. The topological polar surface area (TPSA) is 57.5 Å². The minimum Gasteiger partial charge on any atom is -0.512 e. The van der Waals surface area contributed by atoms with Crippen molar-refractivity contribution in [1.82, 2.24) is 0 Å². The quantitative estimate of drug-likeness (QED) is 0.363. The molecule has 3 nitrogen and oxygen atoms in total. The second-order valence-electron chi connectivity index (χ2n) is 12.0. The third-order valence-corrected chi connectivity index (χ3v) is 10.9. The highest BCUT2D eigenvalue weighted by Gasteiger charge is 2.60. The lowest BCUT2D eigenvalue weighted by atomic mass is 9.44. The molecule has 0 aromatic heterocycles. The molecule has 0 aromatic carbocycles. The van der Waals surface area contributed by atoms with Crippen LogP contribution in [0.1, 0.15) is 105 Å². The van der Waals surface area contributed by atoms with E-state index in [-0.39, 0.29) is 11.3 Å². The number of fused-ring (bicyclic) bond motifs is 5.